The normalized spacial score (nSPS) is 19.3. The number of carbonyl (C=O) groups is 1. The van der Waals surface area contributed by atoms with Crippen molar-refractivity contribution in [1.29, 1.82) is 0 Å². The molecule has 5 rings (SSSR count). The number of aliphatic imine (C=N–C) groups is 1. The molecule has 40 heavy (non-hydrogen) atoms. The first-order chi connectivity index (χ1) is 18.7. The van der Waals surface area contributed by atoms with Crippen LogP contribution in [0.5, 0.6) is 0 Å². The highest BCUT2D eigenvalue weighted by Crippen LogP contribution is 2.36. The van der Waals surface area contributed by atoms with Crippen molar-refractivity contribution in [2.45, 2.75) is 58.9 Å². The lowest BCUT2D eigenvalue weighted by Gasteiger charge is -2.24. The highest BCUT2D eigenvalue weighted by Gasteiger charge is 2.38. The third-order valence-electron chi connectivity index (χ3n) is 7.69. The van der Waals surface area contributed by atoms with Crippen molar-refractivity contribution in [1.82, 2.24) is 15.9 Å². The zero-order valence-corrected chi connectivity index (χ0v) is 25.0. The van der Waals surface area contributed by atoms with Gasteiger partial charge in [-0.25, -0.2) is 8.42 Å². The van der Waals surface area contributed by atoms with Crippen molar-refractivity contribution in [3.63, 3.8) is 0 Å². The van der Waals surface area contributed by atoms with E-state index in [9.17, 15) is 13.2 Å². The van der Waals surface area contributed by atoms with Gasteiger partial charge in [-0.15, -0.1) is 5.53 Å². The molecule has 214 valence electrons. The minimum absolute atomic E-state index is 0.146. The smallest absolute Gasteiger partial charge is 0.255 e. The van der Waals surface area contributed by atoms with Gasteiger partial charge in [0.1, 0.15) is 5.84 Å². The van der Waals surface area contributed by atoms with E-state index < -0.39 is 10.0 Å². The molecular formula is C29H39N7O3S. The molecule has 4 N–H and O–H groups in total. The minimum atomic E-state index is -3.49. The Labute approximate surface area is 236 Å². The number of amidine groups is 1. The van der Waals surface area contributed by atoms with Crippen LogP contribution >= 0.6 is 0 Å². The average molecular weight is 566 g/mol. The van der Waals surface area contributed by atoms with Crippen LogP contribution in [0.3, 0.4) is 0 Å². The van der Waals surface area contributed by atoms with Crippen LogP contribution in [0.2, 0.25) is 0 Å². The zero-order chi connectivity index (χ0) is 29.0. The molecular weight excluding hydrogens is 526 g/mol. The third kappa shape index (κ3) is 5.80. The Morgan fingerprint density at radius 2 is 1.80 bits per heavy atom. The molecule has 1 fully saturated rings. The molecule has 10 nitrogen and oxygen atoms in total. The molecule has 1 aliphatic carbocycles. The van der Waals surface area contributed by atoms with Crippen molar-refractivity contribution in [2.24, 2.45) is 10.9 Å². The summed E-state index contributed by atoms with van der Waals surface area (Å²) in [5.74, 6) is 1.52. The summed E-state index contributed by atoms with van der Waals surface area (Å²) in [5.41, 5.74) is 12.2. The van der Waals surface area contributed by atoms with Gasteiger partial charge in [-0.1, -0.05) is 26.8 Å². The van der Waals surface area contributed by atoms with E-state index in [2.05, 4.69) is 32.9 Å². The molecule has 1 atom stereocenters. The number of hydrogen-bond acceptors (Lipinski definition) is 8. The van der Waals surface area contributed by atoms with E-state index >= 15 is 0 Å². The van der Waals surface area contributed by atoms with Crippen molar-refractivity contribution >= 4 is 38.8 Å². The van der Waals surface area contributed by atoms with Gasteiger partial charge < -0.3 is 15.6 Å². The van der Waals surface area contributed by atoms with Crippen LogP contribution in [0, 0.1) is 19.8 Å². The van der Waals surface area contributed by atoms with E-state index in [1.807, 2.05) is 63.2 Å². The molecule has 2 aliphatic heterocycles. The lowest BCUT2D eigenvalue weighted by Crippen LogP contribution is -2.42. The molecule has 1 amide bonds. The Morgan fingerprint density at radius 1 is 1.10 bits per heavy atom. The van der Waals surface area contributed by atoms with E-state index in [4.69, 9.17) is 4.99 Å². The molecule has 11 heteroatoms. The number of benzene rings is 2. The Kier molecular flexibility index (Phi) is 7.08. The van der Waals surface area contributed by atoms with Gasteiger partial charge in [-0.2, -0.15) is 0 Å². The number of likely N-dealkylation sites (N-methyl/N-ethyl adjacent to an activating group) is 1. The summed E-state index contributed by atoms with van der Waals surface area (Å²) in [7, 11) is -1.39. The van der Waals surface area contributed by atoms with Crippen LogP contribution < -0.4 is 26.0 Å². The number of sulfonamides is 1. The summed E-state index contributed by atoms with van der Waals surface area (Å²) in [6.07, 6.45) is 5.58. The number of amides is 1. The van der Waals surface area contributed by atoms with Gasteiger partial charge in [0.15, 0.2) is 0 Å². The van der Waals surface area contributed by atoms with Gasteiger partial charge in [0.25, 0.3) is 5.91 Å². The Hall–Kier alpha value is -3.57. The average Bonchev–Trinajstić information content (AvgIpc) is 3.45. The second kappa shape index (κ2) is 10.1. The second-order valence-corrected chi connectivity index (χ2v) is 13.8. The quantitative estimate of drug-likeness (QED) is 0.401. The number of anilines is 3. The Balaban J connectivity index is 1.38. The molecule has 0 bridgehead atoms. The molecule has 2 aromatic carbocycles. The van der Waals surface area contributed by atoms with Gasteiger partial charge in [-0.05, 0) is 73.1 Å². The fraction of sp³-hybridized carbons (Fsp3) is 0.448. The first kappa shape index (κ1) is 28.0. The maximum atomic E-state index is 13.5. The second-order valence-electron chi connectivity index (χ2n) is 12.1. The van der Waals surface area contributed by atoms with Gasteiger partial charge >= 0.3 is 0 Å². The lowest BCUT2D eigenvalue weighted by molar-refractivity contribution is 0.102. The molecule has 1 unspecified atom stereocenters. The standard InChI is InChI=1S/C29H39N7O3S/c1-17-8-9-20(12-25(17)36-16-24(32-34-36)26-15-30-27(35(26)6)19-10-11-19)28(37)31-22-13-21(29(3,4)5)14-23(18(22)2)33-40(7,38)39/h8-9,12-14,16,19,26,32-34H,10-11,15H2,1-7H3,(H,31,37). The molecule has 0 aromatic heterocycles. The van der Waals surface area contributed by atoms with Crippen molar-refractivity contribution in [3.05, 3.63) is 64.5 Å². The van der Waals surface area contributed by atoms with E-state index in [-0.39, 0.29) is 17.4 Å². The van der Waals surface area contributed by atoms with Gasteiger partial charge in [-0.3, -0.25) is 19.5 Å². The topological polar surface area (TPSA) is 118 Å². The van der Waals surface area contributed by atoms with Crippen LogP contribution in [-0.2, 0) is 15.4 Å². The van der Waals surface area contributed by atoms with Gasteiger partial charge in [0, 0.05) is 30.4 Å². The molecule has 0 spiro atoms. The third-order valence-corrected chi connectivity index (χ3v) is 8.28. The van der Waals surface area contributed by atoms with Gasteiger partial charge in [0.2, 0.25) is 10.0 Å². The predicted octanol–water partition coefficient (Wildman–Crippen LogP) is 4.02. The zero-order valence-electron chi connectivity index (χ0n) is 24.2. The number of nitrogens with zero attached hydrogens (tertiary/aromatic N) is 3. The molecule has 0 radical (unpaired) electrons. The fourth-order valence-corrected chi connectivity index (χ4v) is 5.67. The van der Waals surface area contributed by atoms with Crippen molar-refractivity contribution < 1.29 is 13.2 Å². The van der Waals surface area contributed by atoms with Crippen LogP contribution in [0.25, 0.3) is 0 Å². The Morgan fingerprint density at radius 3 is 2.45 bits per heavy atom. The molecule has 3 aliphatic rings. The summed E-state index contributed by atoms with van der Waals surface area (Å²) < 4.78 is 26.6. The van der Waals surface area contributed by atoms with E-state index in [0.29, 0.717) is 28.4 Å². The number of hydrogen-bond donors (Lipinski definition) is 4. The Bertz CT molecular complexity index is 1520. The van der Waals surface area contributed by atoms with Crippen molar-refractivity contribution in [3.8, 4) is 0 Å². The summed E-state index contributed by atoms with van der Waals surface area (Å²) in [4.78, 5) is 20.5. The number of aryl methyl sites for hydroxylation is 1. The van der Waals surface area contributed by atoms with Crippen LogP contribution in [0.15, 0.2) is 47.2 Å². The number of nitrogens with one attached hydrogen (secondary N) is 4. The number of carbonyl (C=O) groups excluding carboxylic acids is 1. The van der Waals surface area contributed by atoms with Crippen LogP contribution in [0.1, 0.15) is 60.7 Å². The van der Waals surface area contributed by atoms with E-state index in [1.165, 1.54) is 18.7 Å². The maximum absolute atomic E-state index is 13.5. The predicted molar refractivity (Wildman–Crippen MR) is 161 cm³/mol. The minimum Gasteiger partial charge on any atom is -0.353 e. The summed E-state index contributed by atoms with van der Waals surface area (Å²) in [6.45, 7) is 10.6. The number of rotatable bonds is 7. The summed E-state index contributed by atoms with van der Waals surface area (Å²) in [5, 5.41) is 4.91. The largest absolute Gasteiger partial charge is 0.353 e. The highest BCUT2D eigenvalue weighted by molar-refractivity contribution is 7.92. The van der Waals surface area contributed by atoms with Crippen LogP contribution in [0.4, 0.5) is 17.1 Å². The summed E-state index contributed by atoms with van der Waals surface area (Å²) >= 11 is 0. The maximum Gasteiger partial charge on any atom is 0.255 e. The summed E-state index contributed by atoms with van der Waals surface area (Å²) in [6, 6.07) is 9.44. The van der Waals surface area contributed by atoms with Gasteiger partial charge in [0.05, 0.1) is 35.9 Å². The van der Waals surface area contributed by atoms with E-state index in [0.717, 1.165) is 35.3 Å². The number of hydrazine groups is 2. The molecule has 1 saturated carbocycles. The van der Waals surface area contributed by atoms with E-state index in [1.54, 1.807) is 13.0 Å². The SMILES string of the molecule is Cc1ccc(C(=O)Nc2cc(C(C)(C)C)cc(NS(C)(=O)=O)c2C)cc1N1C=C(C2CN=C(C3CC3)N2C)NN1. The van der Waals surface area contributed by atoms with Crippen LogP contribution in [-0.4, -0.2) is 51.0 Å². The molecule has 0 saturated heterocycles. The monoisotopic (exact) mass is 565 g/mol. The molecule has 2 heterocycles. The molecule has 2 aromatic rings. The highest BCUT2D eigenvalue weighted by atomic mass is 32.2. The van der Waals surface area contributed by atoms with Crippen molar-refractivity contribution in [2.75, 3.05) is 34.9 Å². The fourth-order valence-electron chi connectivity index (χ4n) is 5.05. The first-order valence-corrected chi connectivity index (χ1v) is 15.4. The lowest BCUT2D eigenvalue weighted by atomic mass is 9.85. The first-order valence-electron chi connectivity index (χ1n) is 13.6.